The Labute approximate surface area is 231 Å². The number of hydrogen-bond acceptors (Lipinski definition) is 5. The van der Waals surface area contributed by atoms with E-state index in [0.717, 1.165) is 5.56 Å². The third-order valence-electron chi connectivity index (χ3n) is 7.38. The van der Waals surface area contributed by atoms with Crippen LogP contribution in [0.15, 0.2) is 98.8 Å². The summed E-state index contributed by atoms with van der Waals surface area (Å²) in [6, 6.07) is 22.4. The average Bonchev–Trinajstić information content (AvgIpc) is 3.60. The Balaban J connectivity index is 1.53. The fraction of sp³-hybridized carbons (Fsp3) is 0.100. The van der Waals surface area contributed by atoms with Gasteiger partial charge in [0.25, 0.3) is 11.8 Å². The summed E-state index contributed by atoms with van der Waals surface area (Å²) >= 11 is 12.7. The number of carbonyl (C=O) groups excluding carboxylic acids is 2. The molecule has 0 saturated heterocycles. The van der Waals surface area contributed by atoms with E-state index in [0.29, 0.717) is 27.1 Å². The van der Waals surface area contributed by atoms with Crippen molar-refractivity contribution in [3.8, 4) is 0 Å². The number of furan rings is 1. The van der Waals surface area contributed by atoms with Crippen molar-refractivity contribution in [3.05, 3.63) is 134 Å². The zero-order valence-electron chi connectivity index (χ0n) is 20.2. The summed E-state index contributed by atoms with van der Waals surface area (Å²) in [6.07, 6.45) is 1.49. The minimum Gasteiger partial charge on any atom is -0.467 e. The zero-order valence-corrected chi connectivity index (χ0v) is 21.7. The third-order valence-corrected chi connectivity index (χ3v) is 7.98. The number of rotatable bonds is 4. The maximum absolute atomic E-state index is 14.8. The van der Waals surface area contributed by atoms with Gasteiger partial charge in [0.15, 0.2) is 11.0 Å². The van der Waals surface area contributed by atoms with Crippen LogP contribution in [0.3, 0.4) is 0 Å². The van der Waals surface area contributed by atoms with Crippen molar-refractivity contribution in [2.75, 3.05) is 4.90 Å². The van der Waals surface area contributed by atoms with Crippen LogP contribution < -0.4 is 10.3 Å². The van der Waals surface area contributed by atoms with Gasteiger partial charge in [-0.2, -0.15) is 0 Å². The summed E-state index contributed by atoms with van der Waals surface area (Å²) in [5.41, 5.74) is -0.321. The Morgan fingerprint density at radius 2 is 1.64 bits per heavy atom. The number of amides is 2. The van der Waals surface area contributed by atoms with E-state index >= 15 is 0 Å². The fourth-order valence-corrected chi connectivity index (χ4v) is 6.06. The highest BCUT2D eigenvalue weighted by atomic mass is 35.5. The van der Waals surface area contributed by atoms with Crippen molar-refractivity contribution >= 4 is 51.7 Å². The molecule has 1 unspecified atom stereocenters. The summed E-state index contributed by atoms with van der Waals surface area (Å²) in [5, 5.41) is 1.02. The van der Waals surface area contributed by atoms with Gasteiger partial charge < -0.3 is 18.6 Å². The van der Waals surface area contributed by atoms with Crippen LogP contribution in [0.5, 0.6) is 0 Å². The van der Waals surface area contributed by atoms with Gasteiger partial charge in [-0.1, -0.05) is 59.6 Å². The molecule has 0 aliphatic carbocycles. The lowest BCUT2D eigenvalue weighted by Gasteiger charge is -2.33. The minimum absolute atomic E-state index is 0.0343. The van der Waals surface area contributed by atoms with Crippen molar-refractivity contribution in [1.29, 1.82) is 0 Å². The molecule has 0 fully saturated rings. The van der Waals surface area contributed by atoms with Crippen LogP contribution in [0.25, 0.3) is 11.0 Å². The van der Waals surface area contributed by atoms with Crippen molar-refractivity contribution in [2.45, 2.75) is 18.6 Å². The van der Waals surface area contributed by atoms with Gasteiger partial charge in [-0.05, 0) is 48.0 Å². The quantitative estimate of drug-likeness (QED) is 0.265. The predicted molar refractivity (Wildman–Crippen MR) is 146 cm³/mol. The first-order chi connectivity index (χ1) is 18.9. The number of carbonyl (C=O) groups is 2. The average molecular weight is 557 g/mol. The van der Waals surface area contributed by atoms with Crippen LogP contribution in [0.1, 0.15) is 33.0 Å². The molecular weight excluding hydrogens is 539 g/mol. The maximum atomic E-state index is 14.8. The summed E-state index contributed by atoms with van der Waals surface area (Å²) in [4.78, 5) is 45.9. The molecule has 0 saturated carbocycles. The molecule has 7 rings (SSSR count). The first-order valence-corrected chi connectivity index (χ1v) is 12.9. The molecule has 5 aromatic rings. The van der Waals surface area contributed by atoms with Crippen LogP contribution in [0, 0.1) is 0 Å². The van der Waals surface area contributed by atoms with Gasteiger partial charge in [-0.15, -0.1) is 0 Å². The Kier molecular flexibility index (Phi) is 5.24. The van der Waals surface area contributed by atoms with Gasteiger partial charge in [-0.25, -0.2) is 0 Å². The van der Waals surface area contributed by atoms with Gasteiger partial charge in [0.05, 0.1) is 36.0 Å². The number of para-hydroxylation sites is 1. The smallest absolute Gasteiger partial charge is 0.291 e. The van der Waals surface area contributed by atoms with Crippen molar-refractivity contribution in [3.63, 3.8) is 0 Å². The lowest BCUT2D eigenvalue weighted by atomic mass is 9.84. The molecule has 4 heterocycles. The Bertz CT molecular complexity index is 1880. The van der Waals surface area contributed by atoms with Gasteiger partial charge in [-0.3, -0.25) is 14.4 Å². The van der Waals surface area contributed by atoms with Gasteiger partial charge in [0.1, 0.15) is 11.3 Å². The standard InChI is InChI=1S/C30H18Cl2N2O5/c31-18-11-12-24-20(14-18)26(35)25-27(39-24)28(36)34(16-19-7-5-13-38-19)30(25)21-8-2-4-10-23(21)33(29(30)37)15-17-6-1-3-9-22(17)32/h1-14H,15-16H2. The summed E-state index contributed by atoms with van der Waals surface area (Å²) in [6.45, 7) is 0.0761. The molecule has 0 bridgehead atoms. The van der Waals surface area contributed by atoms with Crippen LogP contribution >= 0.6 is 23.2 Å². The maximum Gasteiger partial charge on any atom is 0.291 e. The van der Waals surface area contributed by atoms with Crippen LogP contribution in [-0.2, 0) is 23.4 Å². The number of hydrogen-bond donors (Lipinski definition) is 0. The molecule has 7 nitrogen and oxygen atoms in total. The Morgan fingerprint density at radius 1 is 0.846 bits per heavy atom. The topological polar surface area (TPSA) is 84.0 Å². The predicted octanol–water partition coefficient (Wildman–Crippen LogP) is 6.14. The number of anilines is 1. The minimum atomic E-state index is -1.78. The molecule has 2 aliphatic rings. The van der Waals surface area contributed by atoms with E-state index in [2.05, 4.69) is 0 Å². The molecule has 1 spiro atoms. The van der Waals surface area contributed by atoms with Gasteiger partial charge in [0.2, 0.25) is 5.76 Å². The first kappa shape index (κ1) is 23.8. The second kappa shape index (κ2) is 8.59. The molecule has 0 radical (unpaired) electrons. The van der Waals surface area contributed by atoms with Crippen molar-refractivity contribution in [2.24, 2.45) is 0 Å². The molecular formula is C30H18Cl2N2O5. The fourth-order valence-electron chi connectivity index (χ4n) is 5.70. The first-order valence-electron chi connectivity index (χ1n) is 12.2. The van der Waals surface area contributed by atoms with E-state index in [-0.39, 0.29) is 35.4 Å². The van der Waals surface area contributed by atoms with Gasteiger partial charge in [0, 0.05) is 15.6 Å². The summed E-state index contributed by atoms with van der Waals surface area (Å²) in [5.74, 6) is -0.774. The monoisotopic (exact) mass is 556 g/mol. The largest absolute Gasteiger partial charge is 0.467 e. The molecule has 192 valence electrons. The van der Waals surface area contributed by atoms with E-state index in [1.165, 1.54) is 17.2 Å². The molecule has 2 aliphatic heterocycles. The summed E-state index contributed by atoms with van der Waals surface area (Å²) < 4.78 is 11.6. The number of halogens is 2. The molecule has 2 aromatic heterocycles. The highest BCUT2D eigenvalue weighted by molar-refractivity contribution is 6.31. The third kappa shape index (κ3) is 3.27. The Morgan fingerprint density at radius 3 is 2.44 bits per heavy atom. The van der Waals surface area contributed by atoms with E-state index in [4.69, 9.17) is 32.0 Å². The van der Waals surface area contributed by atoms with E-state index in [1.807, 2.05) is 24.3 Å². The van der Waals surface area contributed by atoms with E-state index < -0.39 is 22.8 Å². The molecule has 1 atom stereocenters. The normalized spacial score (nSPS) is 17.9. The highest BCUT2D eigenvalue weighted by Crippen LogP contribution is 2.53. The number of nitrogens with zero attached hydrogens (tertiary/aromatic N) is 2. The van der Waals surface area contributed by atoms with E-state index in [9.17, 15) is 14.4 Å². The molecule has 3 aromatic carbocycles. The Hall–Kier alpha value is -4.33. The second-order valence-electron chi connectivity index (χ2n) is 9.46. The molecule has 0 N–H and O–H groups in total. The lowest BCUT2D eigenvalue weighted by Crippen LogP contribution is -2.52. The van der Waals surface area contributed by atoms with Crippen LogP contribution in [-0.4, -0.2) is 16.7 Å². The number of benzene rings is 3. The molecule has 39 heavy (non-hydrogen) atoms. The van der Waals surface area contributed by atoms with Crippen molar-refractivity contribution in [1.82, 2.24) is 4.90 Å². The lowest BCUT2D eigenvalue weighted by molar-refractivity contribution is -0.126. The highest BCUT2D eigenvalue weighted by Gasteiger charge is 2.65. The van der Waals surface area contributed by atoms with Gasteiger partial charge >= 0.3 is 0 Å². The van der Waals surface area contributed by atoms with Crippen molar-refractivity contribution < 1.29 is 18.4 Å². The SMILES string of the molecule is O=C1c2oc3ccc(Cl)cc3c(=O)c2C2(C(=O)N(Cc3ccccc3Cl)c3ccccc32)N1Cc1ccco1. The number of fused-ring (bicyclic) bond motifs is 5. The van der Waals surface area contributed by atoms with Crippen LogP contribution in [0.4, 0.5) is 5.69 Å². The summed E-state index contributed by atoms with van der Waals surface area (Å²) in [7, 11) is 0. The van der Waals surface area contributed by atoms with Crippen LogP contribution in [0.2, 0.25) is 10.0 Å². The second-order valence-corrected chi connectivity index (χ2v) is 10.3. The molecule has 2 amide bonds. The molecule has 9 heteroatoms. The zero-order chi connectivity index (χ0) is 26.9. The van der Waals surface area contributed by atoms with E-state index in [1.54, 1.807) is 53.4 Å².